The summed E-state index contributed by atoms with van der Waals surface area (Å²) in [7, 11) is 5.02. The number of carbonyl (C=O) groups excluding carboxylic acids is 1. The number of ether oxygens (including phenoxy) is 2. The van der Waals surface area contributed by atoms with Gasteiger partial charge in [-0.15, -0.1) is 0 Å². The Kier molecular flexibility index (Phi) is 7.12. The molecule has 0 aliphatic rings. The van der Waals surface area contributed by atoms with E-state index >= 15 is 0 Å². The minimum Gasteiger partial charge on any atom is -0.493 e. The molecule has 2 aromatic carbocycles. The molecular weight excluding hydrogens is 354 g/mol. The molecule has 2 rings (SSSR count). The average molecular weight is 379 g/mol. The van der Waals surface area contributed by atoms with Crippen LogP contribution in [0.2, 0.25) is 0 Å². The van der Waals surface area contributed by atoms with Crippen LogP contribution in [0.3, 0.4) is 0 Å². The van der Waals surface area contributed by atoms with Gasteiger partial charge in [0.1, 0.15) is 17.3 Å². The summed E-state index contributed by atoms with van der Waals surface area (Å²) >= 11 is 0. The summed E-state index contributed by atoms with van der Waals surface area (Å²) in [6.45, 7) is 2.38. The Morgan fingerprint density at radius 3 is 2.33 bits per heavy atom. The molecule has 2 N–H and O–H groups in total. The van der Waals surface area contributed by atoms with Crippen molar-refractivity contribution in [3.05, 3.63) is 53.6 Å². The Hall–Kier alpha value is -2.67. The third kappa shape index (κ3) is 5.17. The summed E-state index contributed by atoms with van der Waals surface area (Å²) in [5, 5.41) is 2.34. The number of halogens is 2. The zero-order valence-electron chi connectivity index (χ0n) is 15.9. The lowest BCUT2D eigenvalue weighted by atomic mass is 10.1. The summed E-state index contributed by atoms with van der Waals surface area (Å²) in [6.07, 6.45) is 0.706. The molecule has 1 unspecified atom stereocenters. The Balaban J connectivity index is 1.97. The fourth-order valence-corrected chi connectivity index (χ4v) is 2.67. The zero-order valence-corrected chi connectivity index (χ0v) is 15.9. The third-order valence-electron chi connectivity index (χ3n) is 4.60. The number of para-hydroxylation sites is 1. The van der Waals surface area contributed by atoms with Gasteiger partial charge in [-0.25, -0.2) is 8.78 Å². The van der Waals surface area contributed by atoms with Crippen LogP contribution in [0.15, 0.2) is 36.4 Å². The van der Waals surface area contributed by atoms with E-state index in [9.17, 15) is 13.6 Å². The highest BCUT2D eigenvalue weighted by atomic mass is 19.1. The molecule has 0 fully saturated rings. The molecule has 0 saturated carbocycles. The molecule has 0 radical (unpaired) electrons. The number of hydrogen-bond donors (Lipinski definition) is 2. The Morgan fingerprint density at radius 2 is 1.74 bits per heavy atom. The monoisotopic (exact) mass is 379 g/mol. The van der Waals surface area contributed by atoms with Crippen LogP contribution in [0, 0.1) is 11.6 Å². The van der Waals surface area contributed by atoms with Gasteiger partial charge in [-0.1, -0.05) is 12.1 Å². The van der Waals surface area contributed by atoms with Gasteiger partial charge in [-0.3, -0.25) is 4.79 Å². The molecule has 0 saturated heterocycles. The summed E-state index contributed by atoms with van der Waals surface area (Å²) in [6, 6.07) is 8.66. The lowest BCUT2D eigenvalue weighted by Crippen LogP contribution is -3.14. The largest absolute Gasteiger partial charge is 0.493 e. The van der Waals surface area contributed by atoms with E-state index in [1.165, 1.54) is 6.07 Å². The van der Waals surface area contributed by atoms with Gasteiger partial charge in [0.2, 0.25) is 0 Å². The molecule has 2 atom stereocenters. The molecule has 5 nitrogen and oxygen atoms in total. The molecule has 0 heterocycles. The van der Waals surface area contributed by atoms with Gasteiger partial charge in [0, 0.05) is 6.42 Å². The first-order chi connectivity index (χ1) is 12.9. The van der Waals surface area contributed by atoms with Gasteiger partial charge >= 0.3 is 0 Å². The first-order valence-electron chi connectivity index (χ1n) is 8.65. The predicted molar refractivity (Wildman–Crippen MR) is 99.5 cm³/mol. The van der Waals surface area contributed by atoms with Gasteiger partial charge in [0.05, 0.1) is 27.8 Å². The van der Waals surface area contributed by atoms with Crippen LogP contribution in [0.1, 0.15) is 12.5 Å². The van der Waals surface area contributed by atoms with Crippen LogP contribution >= 0.6 is 0 Å². The number of methoxy groups -OCH3 is 2. The van der Waals surface area contributed by atoms with Crippen molar-refractivity contribution in [1.29, 1.82) is 0 Å². The molecule has 27 heavy (non-hydrogen) atoms. The summed E-state index contributed by atoms with van der Waals surface area (Å²) in [5.74, 6) is -0.726. The third-order valence-corrected chi connectivity index (χ3v) is 4.60. The lowest BCUT2D eigenvalue weighted by Gasteiger charge is -2.21. The number of anilines is 1. The van der Waals surface area contributed by atoms with Gasteiger partial charge in [-0.2, -0.15) is 0 Å². The van der Waals surface area contributed by atoms with E-state index in [-0.39, 0.29) is 0 Å². The van der Waals surface area contributed by atoms with E-state index in [4.69, 9.17) is 9.47 Å². The topological polar surface area (TPSA) is 52.0 Å². The van der Waals surface area contributed by atoms with E-state index in [0.717, 1.165) is 22.6 Å². The minimum absolute atomic E-state index is 0.415. The maximum Gasteiger partial charge on any atom is 0.282 e. The molecule has 0 spiro atoms. The second-order valence-corrected chi connectivity index (χ2v) is 6.34. The second-order valence-electron chi connectivity index (χ2n) is 6.34. The molecule has 2 aromatic rings. The minimum atomic E-state index is -0.793. The number of hydrogen-bond acceptors (Lipinski definition) is 3. The number of carbonyl (C=O) groups is 1. The van der Waals surface area contributed by atoms with Crippen LogP contribution in [0.25, 0.3) is 0 Å². The number of rotatable bonds is 8. The molecule has 0 aromatic heterocycles. The van der Waals surface area contributed by atoms with Crippen molar-refractivity contribution in [2.45, 2.75) is 19.4 Å². The Morgan fingerprint density at radius 1 is 1.11 bits per heavy atom. The summed E-state index contributed by atoms with van der Waals surface area (Å²) in [4.78, 5) is 13.3. The van der Waals surface area contributed by atoms with Crippen molar-refractivity contribution < 1.29 is 27.9 Å². The SMILES string of the molecule is COc1ccc(CC[NH+](C)[C@@H](C)C(=O)Nc2c(F)cccc2F)cc1OC. The Labute approximate surface area is 157 Å². The lowest BCUT2D eigenvalue weighted by molar-refractivity contribution is -0.893. The second kappa shape index (κ2) is 9.32. The first kappa shape index (κ1) is 20.6. The van der Waals surface area contributed by atoms with Crippen LogP contribution in [-0.2, 0) is 11.2 Å². The van der Waals surface area contributed by atoms with Gasteiger partial charge in [-0.05, 0) is 36.8 Å². The van der Waals surface area contributed by atoms with Crippen molar-refractivity contribution in [3.63, 3.8) is 0 Å². The maximum atomic E-state index is 13.7. The summed E-state index contributed by atoms with van der Waals surface area (Å²) in [5.41, 5.74) is 0.627. The highest BCUT2D eigenvalue weighted by Gasteiger charge is 2.24. The van der Waals surface area contributed by atoms with E-state index in [2.05, 4.69) is 5.32 Å². The quantitative estimate of drug-likeness (QED) is 0.738. The number of nitrogens with one attached hydrogen (secondary N) is 2. The van der Waals surface area contributed by atoms with E-state index < -0.39 is 29.3 Å². The van der Waals surface area contributed by atoms with Gasteiger partial charge in [0.25, 0.3) is 5.91 Å². The molecule has 0 aliphatic carbocycles. The maximum absolute atomic E-state index is 13.7. The molecule has 1 amide bonds. The molecule has 0 bridgehead atoms. The summed E-state index contributed by atoms with van der Waals surface area (Å²) < 4.78 is 37.9. The van der Waals surface area contributed by atoms with Crippen LogP contribution in [-0.4, -0.2) is 39.8 Å². The normalized spacial score (nSPS) is 13.0. The molecule has 0 aliphatic heterocycles. The number of benzene rings is 2. The zero-order chi connectivity index (χ0) is 20.0. The van der Waals surface area contributed by atoms with Crippen LogP contribution in [0.4, 0.5) is 14.5 Å². The fourth-order valence-electron chi connectivity index (χ4n) is 2.67. The Bertz CT molecular complexity index is 779. The van der Waals surface area contributed by atoms with Crippen molar-refractivity contribution >= 4 is 11.6 Å². The van der Waals surface area contributed by atoms with Crippen molar-refractivity contribution in [2.75, 3.05) is 33.1 Å². The van der Waals surface area contributed by atoms with Crippen LogP contribution < -0.4 is 19.7 Å². The fraction of sp³-hybridized carbons (Fsp3) is 0.350. The van der Waals surface area contributed by atoms with Crippen molar-refractivity contribution in [1.82, 2.24) is 0 Å². The van der Waals surface area contributed by atoms with E-state index in [0.29, 0.717) is 24.5 Å². The highest BCUT2D eigenvalue weighted by Crippen LogP contribution is 2.27. The van der Waals surface area contributed by atoms with E-state index in [1.54, 1.807) is 21.1 Å². The molecule has 7 heteroatoms. The van der Waals surface area contributed by atoms with Gasteiger partial charge < -0.3 is 19.7 Å². The molecule has 146 valence electrons. The smallest absolute Gasteiger partial charge is 0.282 e. The standard InChI is InChI=1S/C20H24F2N2O3/c1-13(20(25)23-19-15(21)6-5-7-16(19)22)24(2)11-10-14-8-9-17(26-3)18(12-14)27-4/h5-9,12-13H,10-11H2,1-4H3,(H,23,25)/p+1/t13-/m0/s1. The van der Waals surface area contributed by atoms with Gasteiger partial charge in [0.15, 0.2) is 17.5 Å². The van der Waals surface area contributed by atoms with Crippen LogP contribution in [0.5, 0.6) is 11.5 Å². The first-order valence-corrected chi connectivity index (χ1v) is 8.65. The highest BCUT2D eigenvalue weighted by molar-refractivity contribution is 5.93. The molecular formula is C20H25F2N2O3+. The number of likely N-dealkylation sites (N-methyl/N-ethyl adjacent to an activating group) is 1. The number of quaternary nitrogens is 1. The van der Waals surface area contributed by atoms with Crippen molar-refractivity contribution in [3.8, 4) is 11.5 Å². The average Bonchev–Trinajstić information content (AvgIpc) is 2.67. The van der Waals surface area contributed by atoms with E-state index in [1.807, 2.05) is 25.2 Å². The van der Waals surface area contributed by atoms with Crippen molar-refractivity contribution in [2.24, 2.45) is 0 Å². The number of amides is 1. The predicted octanol–water partition coefficient (Wildman–Crippen LogP) is 2.07.